The first-order valence-electron chi connectivity index (χ1n) is 5.99. The van der Waals surface area contributed by atoms with Crippen molar-refractivity contribution in [1.82, 2.24) is 14.5 Å². The van der Waals surface area contributed by atoms with Gasteiger partial charge in [-0.25, -0.2) is 9.97 Å². The van der Waals surface area contributed by atoms with Gasteiger partial charge in [0.05, 0.1) is 5.69 Å². The number of hydrogen-bond acceptors (Lipinski definition) is 4. The molecule has 0 aliphatic heterocycles. The second-order valence-electron chi connectivity index (χ2n) is 4.27. The van der Waals surface area contributed by atoms with Gasteiger partial charge >= 0.3 is 5.97 Å². The molecule has 0 aliphatic rings. The predicted molar refractivity (Wildman–Crippen MR) is 71.5 cm³/mol. The number of amides is 1. The maximum atomic E-state index is 11.8. The quantitative estimate of drug-likeness (QED) is 0.817. The lowest BCUT2D eigenvalue weighted by Gasteiger charge is -2.13. The molecule has 0 radical (unpaired) electrons. The number of imidazole rings is 1. The van der Waals surface area contributed by atoms with Crippen molar-refractivity contribution >= 4 is 17.6 Å². The molecule has 0 spiro atoms. The number of anilines is 1. The van der Waals surface area contributed by atoms with Crippen molar-refractivity contribution in [3.8, 4) is 5.82 Å². The third-order valence-corrected chi connectivity index (χ3v) is 2.86. The van der Waals surface area contributed by atoms with Crippen LogP contribution in [0.3, 0.4) is 0 Å². The van der Waals surface area contributed by atoms with Gasteiger partial charge in [0.2, 0.25) is 5.91 Å². The molecule has 2 heterocycles. The molecule has 1 atom stereocenters. The molecule has 2 N–H and O–H groups in total. The monoisotopic (exact) mass is 274 g/mol. The van der Waals surface area contributed by atoms with Crippen molar-refractivity contribution in [3.63, 3.8) is 0 Å². The maximum absolute atomic E-state index is 11.8. The average Bonchev–Trinajstić information content (AvgIpc) is 2.84. The number of pyridine rings is 1. The van der Waals surface area contributed by atoms with Crippen molar-refractivity contribution in [2.24, 2.45) is 5.92 Å². The second kappa shape index (κ2) is 5.52. The van der Waals surface area contributed by atoms with E-state index in [0.717, 1.165) is 0 Å². The van der Waals surface area contributed by atoms with E-state index in [2.05, 4.69) is 15.3 Å². The third kappa shape index (κ3) is 2.66. The molecule has 0 aliphatic carbocycles. The molecule has 2 aromatic heterocycles. The molecular weight excluding hydrogens is 260 g/mol. The Bertz CT molecular complexity index is 651. The molecule has 0 saturated heterocycles. The summed E-state index contributed by atoms with van der Waals surface area (Å²) in [6, 6.07) is 3.32. The van der Waals surface area contributed by atoms with E-state index in [1.807, 2.05) is 0 Å². The van der Waals surface area contributed by atoms with Crippen LogP contribution in [0.1, 0.15) is 12.7 Å². The van der Waals surface area contributed by atoms with Gasteiger partial charge in [-0.1, -0.05) is 0 Å². The lowest BCUT2D eigenvalue weighted by molar-refractivity contribution is -0.144. The number of carbonyl (C=O) groups is 2. The Hall–Kier alpha value is -2.70. The molecule has 104 valence electrons. The van der Waals surface area contributed by atoms with Gasteiger partial charge in [0.15, 0.2) is 5.82 Å². The highest BCUT2D eigenvalue weighted by Gasteiger charge is 2.21. The number of rotatable bonds is 4. The maximum Gasteiger partial charge on any atom is 0.315 e. The first-order valence-corrected chi connectivity index (χ1v) is 5.99. The van der Waals surface area contributed by atoms with Gasteiger partial charge in [-0.05, 0) is 26.0 Å². The molecular formula is C13H14N4O3. The van der Waals surface area contributed by atoms with E-state index < -0.39 is 17.8 Å². The molecule has 1 amide bonds. The standard InChI is InChI=1S/C13H14N4O3/c1-8(13(19)20)12(18)16-10-4-3-5-15-11(10)17-7-6-14-9(17)2/h3-8H,1-2H3,(H,16,18)(H,19,20). The van der Waals surface area contributed by atoms with Crippen LogP contribution < -0.4 is 5.32 Å². The number of hydrogen-bond donors (Lipinski definition) is 2. The Morgan fingerprint density at radius 1 is 1.35 bits per heavy atom. The summed E-state index contributed by atoms with van der Waals surface area (Å²) in [4.78, 5) is 30.9. The summed E-state index contributed by atoms with van der Waals surface area (Å²) in [5.41, 5.74) is 0.437. The zero-order chi connectivity index (χ0) is 14.7. The Morgan fingerprint density at radius 2 is 2.10 bits per heavy atom. The first kappa shape index (κ1) is 13.7. The smallest absolute Gasteiger partial charge is 0.315 e. The number of aromatic nitrogens is 3. The van der Waals surface area contributed by atoms with Crippen molar-refractivity contribution in [3.05, 3.63) is 36.5 Å². The summed E-state index contributed by atoms with van der Waals surface area (Å²) in [6.45, 7) is 3.14. The Balaban J connectivity index is 2.32. The van der Waals surface area contributed by atoms with E-state index >= 15 is 0 Å². The van der Waals surface area contributed by atoms with Gasteiger partial charge in [0, 0.05) is 18.6 Å². The van der Waals surface area contributed by atoms with Crippen molar-refractivity contribution < 1.29 is 14.7 Å². The van der Waals surface area contributed by atoms with Crippen LogP contribution in [-0.2, 0) is 9.59 Å². The molecule has 0 saturated carbocycles. The van der Waals surface area contributed by atoms with Gasteiger partial charge < -0.3 is 10.4 Å². The van der Waals surface area contributed by atoms with E-state index in [4.69, 9.17) is 5.11 Å². The Morgan fingerprint density at radius 3 is 2.70 bits per heavy atom. The van der Waals surface area contributed by atoms with Crippen molar-refractivity contribution in [2.45, 2.75) is 13.8 Å². The van der Waals surface area contributed by atoms with Gasteiger partial charge in [-0.15, -0.1) is 0 Å². The number of nitrogens with zero attached hydrogens (tertiary/aromatic N) is 3. The number of carbonyl (C=O) groups excluding carboxylic acids is 1. The zero-order valence-electron chi connectivity index (χ0n) is 11.1. The summed E-state index contributed by atoms with van der Waals surface area (Å²) < 4.78 is 1.71. The minimum Gasteiger partial charge on any atom is -0.481 e. The zero-order valence-corrected chi connectivity index (χ0v) is 11.1. The minimum absolute atomic E-state index is 0.437. The fraction of sp³-hybridized carbons (Fsp3) is 0.231. The highest BCUT2D eigenvalue weighted by Crippen LogP contribution is 2.19. The molecule has 0 fully saturated rings. The van der Waals surface area contributed by atoms with Crippen LogP contribution in [0.5, 0.6) is 0 Å². The van der Waals surface area contributed by atoms with E-state index in [0.29, 0.717) is 17.3 Å². The van der Waals surface area contributed by atoms with Crippen LogP contribution >= 0.6 is 0 Å². The number of aliphatic carboxylic acids is 1. The van der Waals surface area contributed by atoms with Crippen LogP contribution in [-0.4, -0.2) is 31.5 Å². The normalized spacial score (nSPS) is 11.9. The molecule has 7 heteroatoms. The van der Waals surface area contributed by atoms with Gasteiger partial charge in [0.25, 0.3) is 0 Å². The largest absolute Gasteiger partial charge is 0.481 e. The molecule has 7 nitrogen and oxygen atoms in total. The van der Waals surface area contributed by atoms with Crippen molar-refractivity contribution in [2.75, 3.05) is 5.32 Å². The highest BCUT2D eigenvalue weighted by atomic mass is 16.4. The van der Waals surface area contributed by atoms with Crippen molar-refractivity contribution in [1.29, 1.82) is 0 Å². The van der Waals surface area contributed by atoms with E-state index in [1.165, 1.54) is 6.92 Å². The summed E-state index contributed by atoms with van der Waals surface area (Å²) >= 11 is 0. The Labute approximate surface area is 115 Å². The number of nitrogens with one attached hydrogen (secondary N) is 1. The van der Waals surface area contributed by atoms with Gasteiger partial charge in [-0.2, -0.15) is 0 Å². The van der Waals surface area contributed by atoms with Crippen LogP contribution in [0.2, 0.25) is 0 Å². The van der Waals surface area contributed by atoms with Crippen LogP contribution in [0.15, 0.2) is 30.7 Å². The molecule has 0 bridgehead atoms. The average molecular weight is 274 g/mol. The van der Waals surface area contributed by atoms with Gasteiger partial charge in [-0.3, -0.25) is 14.2 Å². The fourth-order valence-corrected chi connectivity index (χ4v) is 1.64. The van der Waals surface area contributed by atoms with E-state index in [9.17, 15) is 9.59 Å². The molecule has 20 heavy (non-hydrogen) atoms. The minimum atomic E-state index is -1.17. The summed E-state index contributed by atoms with van der Waals surface area (Å²) in [5.74, 6) is -1.69. The summed E-state index contributed by atoms with van der Waals surface area (Å²) in [7, 11) is 0. The first-order chi connectivity index (χ1) is 9.50. The second-order valence-corrected chi connectivity index (χ2v) is 4.27. The molecule has 1 unspecified atom stereocenters. The molecule has 2 aromatic rings. The SMILES string of the molecule is Cc1nccn1-c1ncccc1NC(=O)C(C)C(=O)O. The number of carboxylic acid groups (broad SMARTS) is 1. The van der Waals surface area contributed by atoms with Gasteiger partial charge in [0.1, 0.15) is 11.7 Å². The summed E-state index contributed by atoms with van der Waals surface area (Å²) in [6.07, 6.45) is 4.93. The lowest BCUT2D eigenvalue weighted by Crippen LogP contribution is -2.27. The lowest BCUT2D eigenvalue weighted by atomic mass is 10.1. The highest BCUT2D eigenvalue weighted by molar-refractivity contribution is 6.04. The van der Waals surface area contributed by atoms with Crippen LogP contribution in [0.4, 0.5) is 5.69 Å². The summed E-state index contributed by atoms with van der Waals surface area (Å²) in [5, 5.41) is 11.4. The third-order valence-electron chi connectivity index (χ3n) is 2.86. The van der Waals surface area contributed by atoms with Crippen LogP contribution in [0, 0.1) is 12.8 Å². The number of carboxylic acids is 1. The van der Waals surface area contributed by atoms with E-state index in [1.54, 1.807) is 42.2 Å². The number of aryl methyl sites for hydroxylation is 1. The Kier molecular flexibility index (Phi) is 3.79. The predicted octanol–water partition coefficient (Wildman–Crippen LogP) is 1.23. The molecule has 2 rings (SSSR count). The topological polar surface area (TPSA) is 97.1 Å². The van der Waals surface area contributed by atoms with Crippen LogP contribution in [0.25, 0.3) is 5.82 Å². The molecule has 0 aromatic carbocycles. The fourth-order valence-electron chi connectivity index (χ4n) is 1.64. The van der Waals surface area contributed by atoms with E-state index in [-0.39, 0.29) is 0 Å².